The Morgan fingerprint density at radius 3 is 2.75 bits per heavy atom. The molecule has 1 aromatic heterocycles. The van der Waals surface area contributed by atoms with Crippen molar-refractivity contribution in [3.63, 3.8) is 0 Å². The molecule has 0 aliphatic heterocycles. The first-order valence-electron chi connectivity index (χ1n) is 7.84. The molecule has 0 radical (unpaired) electrons. The van der Waals surface area contributed by atoms with Gasteiger partial charge in [0, 0.05) is 11.8 Å². The van der Waals surface area contributed by atoms with Crippen molar-refractivity contribution in [2.45, 2.75) is 19.4 Å². The van der Waals surface area contributed by atoms with E-state index < -0.39 is 0 Å². The van der Waals surface area contributed by atoms with Gasteiger partial charge >= 0.3 is 0 Å². The second-order valence-electron chi connectivity index (χ2n) is 5.41. The van der Waals surface area contributed by atoms with Gasteiger partial charge in [0.15, 0.2) is 0 Å². The van der Waals surface area contributed by atoms with E-state index in [1.807, 2.05) is 48.5 Å². The fourth-order valence-electron chi connectivity index (χ4n) is 2.37. The number of amides is 1. The Morgan fingerprint density at radius 1 is 1.12 bits per heavy atom. The Balaban J connectivity index is 1.39. The number of para-hydroxylation sites is 2. The van der Waals surface area contributed by atoms with Gasteiger partial charge in [-0.1, -0.05) is 41.9 Å². The van der Waals surface area contributed by atoms with Crippen molar-refractivity contribution in [1.29, 1.82) is 0 Å². The number of benzene rings is 2. The summed E-state index contributed by atoms with van der Waals surface area (Å²) < 4.78 is 11.2. The molecule has 0 atom stereocenters. The number of nitrogens with one attached hydrogen (secondary N) is 1. The van der Waals surface area contributed by atoms with Crippen LogP contribution in [-0.4, -0.2) is 12.5 Å². The lowest BCUT2D eigenvalue weighted by molar-refractivity contribution is -0.121. The van der Waals surface area contributed by atoms with E-state index in [2.05, 4.69) is 5.32 Å². The second kappa shape index (κ2) is 7.88. The average Bonchev–Trinajstić information content (AvgIpc) is 3.01. The minimum absolute atomic E-state index is 0.0294. The minimum Gasteiger partial charge on any atom is -0.492 e. The molecule has 3 rings (SSSR count). The SMILES string of the molecule is O=C(CCCOc1ccccc1Cl)NCc1cc2ccccc2o1. The maximum atomic E-state index is 11.9. The van der Waals surface area contributed by atoms with Gasteiger partial charge < -0.3 is 14.5 Å². The summed E-state index contributed by atoms with van der Waals surface area (Å²) in [6, 6.07) is 17.0. The minimum atomic E-state index is -0.0294. The van der Waals surface area contributed by atoms with E-state index in [1.165, 1.54) is 0 Å². The van der Waals surface area contributed by atoms with Crippen LogP contribution in [0.25, 0.3) is 11.0 Å². The van der Waals surface area contributed by atoms with Crippen LogP contribution in [0.1, 0.15) is 18.6 Å². The number of halogens is 1. The van der Waals surface area contributed by atoms with E-state index in [0.717, 1.165) is 16.7 Å². The molecule has 0 saturated heterocycles. The predicted octanol–water partition coefficient (Wildman–Crippen LogP) is 4.56. The third-order valence-corrected chi connectivity index (χ3v) is 3.89. The van der Waals surface area contributed by atoms with Crippen LogP contribution >= 0.6 is 11.6 Å². The zero-order valence-corrected chi connectivity index (χ0v) is 13.9. The molecule has 124 valence electrons. The molecule has 0 unspecified atom stereocenters. The van der Waals surface area contributed by atoms with E-state index in [4.69, 9.17) is 20.8 Å². The van der Waals surface area contributed by atoms with Crippen LogP contribution in [0.3, 0.4) is 0 Å². The van der Waals surface area contributed by atoms with Gasteiger partial charge in [0.05, 0.1) is 18.2 Å². The third-order valence-electron chi connectivity index (χ3n) is 3.58. The summed E-state index contributed by atoms with van der Waals surface area (Å²) in [6.45, 7) is 0.834. The molecule has 1 N–H and O–H groups in total. The number of ether oxygens (including phenoxy) is 1. The largest absolute Gasteiger partial charge is 0.492 e. The molecular weight excluding hydrogens is 326 g/mol. The van der Waals surface area contributed by atoms with Crippen LogP contribution in [0, 0.1) is 0 Å². The molecule has 0 saturated carbocycles. The molecule has 0 spiro atoms. The number of fused-ring (bicyclic) bond motifs is 1. The standard InChI is InChI=1S/C19H18ClNO3/c20-16-7-2-4-9-18(16)23-11-5-10-19(22)21-13-15-12-14-6-1-3-8-17(14)24-15/h1-4,6-9,12H,5,10-11,13H2,(H,21,22). The van der Waals surface area contributed by atoms with Gasteiger partial charge in [-0.05, 0) is 30.7 Å². The van der Waals surface area contributed by atoms with Crippen molar-refractivity contribution in [2.75, 3.05) is 6.61 Å². The number of furan rings is 1. The number of carbonyl (C=O) groups excluding carboxylic acids is 1. The molecule has 0 aliphatic carbocycles. The van der Waals surface area contributed by atoms with Crippen LogP contribution in [0.2, 0.25) is 5.02 Å². The monoisotopic (exact) mass is 343 g/mol. The molecule has 0 aliphatic rings. The van der Waals surface area contributed by atoms with E-state index in [-0.39, 0.29) is 5.91 Å². The summed E-state index contributed by atoms with van der Waals surface area (Å²) in [5.41, 5.74) is 0.829. The molecular formula is C19H18ClNO3. The fraction of sp³-hybridized carbons (Fsp3) is 0.211. The van der Waals surface area contributed by atoms with Crippen molar-refractivity contribution in [1.82, 2.24) is 5.32 Å². The van der Waals surface area contributed by atoms with Gasteiger partial charge in [0.2, 0.25) is 5.91 Å². The average molecular weight is 344 g/mol. The van der Waals surface area contributed by atoms with Gasteiger partial charge in [-0.25, -0.2) is 0 Å². The predicted molar refractivity (Wildman–Crippen MR) is 94.2 cm³/mol. The summed E-state index contributed by atoms with van der Waals surface area (Å²) in [7, 11) is 0. The summed E-state index contributed by atoms with van der Waals surface area (Å²) >= 11 is 6.00. The van der Waals surface area contributed by atoms with Gasteiger partial charge in [-0.3, -0.25) is 4.79 Å². The zero-order chi connectivity index (χ0) is 16.8. The summed E-state index contributed by atoms with van der Waals surface area (Å²) in [5.74, 6) is 1.36. The lowest BCUT2D eigenvalue weighted by Crippen LogP contribution is -2.22. The van der Waals surface area contributed by atoms with Gasteiger partial charge in [0.25, 0.3) is 0 Å². The van der Waals surface area contributed by atoms with Crippen LogP contribution < -0.4 is 10.1 Å². The maximum Gasteiger partial charge on any atom is 0.220 e. The highest BCUT2D eigenvalue weighted by molar-refractivity contribution is 6.32. The Hall–Kier alpha value is -2.46. The van der Waals surface area contributed by atoms with E-state index in [1.54, 1.807) is 6.07 Å². The molecule has 2 aromatic carbocycles. The van der Waals surface area contributed by atoms with Crippen LogP contribution in [-0.2, 0) is 11.3 Å². The second-order valence-corrected chi connectivity index (χ2v) is 5.82. The Morgan fingerprint density at radius 2 is 1.92 bits per heavy atom. The van der Waals surface area contributed by atoms with Gasteiger partial charge in [0.1, 0.15) is 17.1 Å². The van der Waals surface area contributed by atoms with Crippen LogP contribution in [0.15, 0.2) is 59.0 Å². The van der Waals surface area contributed by atoms with Crippen molar-refractivity contribution >= 4 is 28.5 Å². The van der Waals surface area contributed by atoms with E-state index in [9.17, 15) is 4.79 Å². The summed E-state index contributed by atoms with van der Waals surface area (Å²) in [6.07, 6.45) is 1.02. The Labute approximate surface area is 145 Å². The summed E-state index contributed by atoms with van der Waals surface area (Å²) in [4.78, 5) is 11.9. The third kappa shape index (κ3) is 4.30. The van der Waals surface area contributed by atoms with Crippen LogP contribution in [0.4, 0.5) is 0 Å². The van der Waals surface area contributed by atoms with Crippen molar-refractivity contribution < 1.29 is 13.9 Å². The van der Waals surface area contributed by atoms with Gasteiger partial charge in [-0.15, -0.1) is 0 Å². The highest BCUT2D eigenvalue weighted by atomic mass is 35.5. The number of hydrogen-bond acceptors (Lipinski definition) is 3. The first-order valence-corrected chi connectivity index (χ1v) is 8.21. The molecule has 3 aromatic rings. The number of carbonyl (C=O) groups is 1. The molecule has 5 heteroatoms. The molecule has 4 nitrogen and oxygen atoms in total. The van der Waals surface area contributed by atoms with Crippen molar-refractivity contribution in [2.24, 2.45) is 0 Å². The fourth-order valence-corrected chi connectivity index (χ4v) is 2.56. The van der Waals surface area contributed by atoms with E-state index >= 15 is 0 Å². The van der Waals surface area contributed by atoms with E-state index in [0.29, 0.717) is 36.8 Å². The normalized spacial score (nSPS) is 10.7. The maximum absolute atomic E-state index is 11.9. The lowest BCUT2D eigenvalue weighted by Gasteiger charge is -2.07. The first kappa shape index (κ1) is 16.4. The Kier molecular flexibility index (Phi) is 5.39. The quantitative estimate of drug-likeness (QED) is 0.640. The zero-order valence-electron chi connectivity index (χ0n) is 13.1. The molecule has 1 amide bonds. The highest BCUT2D eigenvalue weighted by Crippen LogP contribution is 2.23. The first-order chi connectivity index (χ1) is 11.7. The molecule has 24 heavy (non-hydrogen) atoms. The lowest BCUT2D eigenvalue weighted by atomic mass is 10.2. The Bertz CT molecular complexity index is 795. The highest BCUT2D eigenvalue weighted by Gasteiger charge is 2.06. The topological polar surface area (TPSA) is 51.5 Å². The molecule has 1 heterocycles. The number of hydrogen-bond donors (Lipinski definition) is 1. The smallest absolute Gasteiger partial charge is 0.220 e. The van der Waals surface area contributed by atoms with Gasteiger partial charge in [-0.2, -0.15) is 0 Å². The van der Waals surface area contributed by atoms with Crippen molar-refractivity contribution in [3.05, 3.63) is 65.4 Å². The van der Waals surface area contributed by atoms with Crippen LogP contribution in [0.5, 0.6) is 5.75 Å². The van der Waals surface area contributed by atoms with Crippen molar-refractivity contribution in [3.8, 4) is 5.75 Å². The molecule has 0 bridgehead atoms. The number of rotatable bonds is 7. The summed E-state index contributed by atoms with van der Waals surface area (Å²) in [5, 5.41) is 4.47. The molecule has 0 fully saturated rings.